The number of halogens is 1. The van der Waals surface area contributed by atoms with Crippen molar-refractivity contribution in [2.75, 3.05) is 31.1 Å². The number of carbonyl (C=O) groups is 1. The molecule has 1 aromatic carbocycles. The van der Waals surface area contributed by atoms with E-state index in [1.54, 1.807) is 6.07 Å². The van der Waals surface area contributed by atoms with Gasteiger partial charge in [0.05, 0.1) is 0 Å². The van der Waals surface area contributed by atoms with Gasteiger partial charge in [-0.15, -0.1) is 0 Å². The van der Waals surface area contributed by atoms with Crippen LogP contribution < -0.4 is 9.64 Å². The van der Waals surface area contributed by atoms with Crippen LogP contribution >= 0.6 is 11.6 Å². The summed E-state index contributed by atoms with van der Waals surface area (Å²) in [6.45, 7) is 6.90. The number of carbonyl (C=O) groups excluding carboxylic acids is 1. The zero-order valence-corrected chi connectivity index (χ0v) is 15.9. The highest BCUT2D eigenvalue weighted by Crippen LogP contribution is 2.26. The molecule has 6 nitrogen and oxygen atoms in total. The number of aromatic nitrogens is 2. The Hall–Kier alpha value is -2.34. The van der Waals surface area contributed by atoms with Gasteiger partial charge in [0.1, 0.15) is 17.9 Å². The molecule has 1 fully saturated rings. The minimum Gasteiger partial charge on any atom is -0.439 e. The molecule has 0 radical (unpaired) electrons. The minimum absolute atomic E-state index is 0.233. The molecule has 2 heterocycles. The summed E-state index contributed by atoms with van der Waals surface area (Å²) in [5.41, 5.74) is 0.950. The third-order valence-electron chi connectivity index (χ3n) is 4.40. The summed E-state index contributed by atoms with van der Waals surface area (Å²) < 4.78 is 5.84. The first-order valence-corrected chi connectivity index (χ1v) is 9.23. The van der Waals surface area contributed by atoms with Crippen molar-refractivity contribution in [2.45, 2.75) is 26.7 Å². The molecule has 1 saturated heterocycles. The Bertz CT molecular complexity index is 776. The number of ether oxygens (including phenoxy) is 1. The first-order valence-electron chi connectivity index (χ1n) is 8.85. The van der Waals surface area contributed by atoms with Crippen molar-refractivity contribution in [1.82, 2.24) is 14.9 Å². The first kappa shape index (κ1) is 18.5. The third kappa shape index (κ3) is 4.43. The Morgan fingerprint density at radius 2 is 1.96 bits per heavy atom. The number of rotatable bonds is 5. The number of benzene rings is 1. The number of hydrogen-bond donors (Lipinski definition) is 0. The van der Waals surface area contributed by atoms with E-state index in [1.165, 1.54) is 6.33 Å². The van der Waals surface area contributed by atoms with E-state index in [0.29, 0.717) is 23.1 Å². The fourth-order valence-electron chi connectivity index (χ4n) is 2.92. The van der Waals surface area contributed by atoms with E-state index in [0.717, 1.165) is 44.0 Å². The molecule has 0 N–H and O–H groups in total. The van der Waals surface area contributed by atoms with Crippen LogP contribution in [-0.4, -0.2) is 47.0 Å². The molecule has 138 valence electrons. The van der Waals surface area contributed by atoms with Crippen molar-refractivity contribution in [3.05, 3.63) is 41.2 Å². The van der Waals surface area contributed by atoms with E-state index in [4.69, 9.17) is 16.3 Å². The second-order valence-corrected chi connectivity index (χ2v) is 6.75. The lowest BCUT2D eigenvalue weighted by molar-refractivity contribution is -0.131. The van der Waals surface area contributed by atoms with Gasteiger partial charge in [0, 0.05) is 43.7 Å². The molecular weight excluding hydrogens is 352 g/mol. The molecule has 7 heteroatoms. The normalized spacial score (nSPS) is 14.4. The van der Waals surface area contributed by atoms with Crippen LogP contribution in [-0.2, 0) is 4.79 Å². The maximum Gasteiger partial charge on any atom is 0.224 e. The van der Waals surface area contributed by atoms with Gasteiger partial charge in [-0.3, -0.25) is 4.79 Å². The van der Waals surface area contributed by atoms with Gasteiger partial charge in [0.15, 0.2) is 0 Å². The van der Waals surface area contributed by atoms with Crippen molar-refractivity contribution in [3.63, 3.8) is 0 Å². The Morgan fingerprint density at radius 1 is 1.19 bits per heavy atom. The van der Waals surface area contributed by atoms with E-state index < -0.39 is 0 Å². The summed E-state index contributed by atoms with van der Waals surface area (Å²) >= 11 is 6.05. The molecule has 2 aromatic rings. The van der Waals surface area contributed by atoms with Crippen LogP contribution in [0.2, 0.25) is 5.02 Å². The zero-order chi connectivity index (χ0) is 18.5. The van der Waals surface area contributed by atoms with E-state index in [1.807, 2.05) is 36.9 Å². The van der Waals surface area contributed by atoms with Crippen molar-refractivity contribution in [1.29, 1.82) is 0 Å². The van der Waals surface area contributed by atoms with Crippen LogP contribution in [0, 0.1) is 6.92 Å². The van der Waals surface area contributed by atoms with Crippen molar-refractivity contribution >= 4 is 23.3 Å². The average Bonchev–Trinajstić information content (AvgIpc) is 2.65. The Labute approximate surface area is 158 Å². The Balaban J connectivity index is 1.64. The SMILES string of the molecule is CCCC(=O)N1CCN(c2cc(Oc3ccc(Cl)c(C)c3)ncn2)CC1. The average molecular weight is 375 g/mol. The van der Waals surface area contributed by atoms with E-state index in [-0.39, 0.29) is 5.91 Å². The van der Waals surface area contributed by atoms with Gasteiger partial charge >= 0.3 is 0 Å². The molecule has 26 heavy (non-hydrogen) atoms. The quantitative estimate of drug-likeness (QED) is 0.799. The lowest BCUT2D eigenvalue weighted by Gasteiger charge is -2.35. The van der Waals surface area contributed by atoms with Crippen LogP contribution in [0.15, 0.2) is 30.6 Å². The van der Waals surface area contributed by atoms with Crippen LogP contribution in [0.25, 0.3) is 0 Å². The molecular formula is C19H23ClN4O2. The molecule has 3 rings (SSSR count). The predicted molar refractivity (Wildman–Crippen MR) is 102 cm³/mol. The summed E-state index contributed by atoms with van der Waals surface area (Å²) in [6.07, 6.45) is 3.00. The van der Waals surface area contributed by atoms with Gasteiger partial charge < -0.3 is 14.5 Å². The van der Waals surface area contributed by atoms with Crippen LogP contribution in [0.5, 0.6) is 11.6 Å². The van der Waals surface area contributed by atoms with Crippen molar-refractivity contribution in [2.24, 2.45) is 0 Å². The zero-order valence-electron chi connectivity index (χ0n) is 15.1. The highest BCUT2D eigenvalue weighted by molar-refractivity contribution is 6.31. The second-order valence-electron chi connectivity index (χ2n) is 6.35. The summed E-state index contributed by atoms with van der Waals surface area (Å²) in [4.78, 5) is 24.6. The fourth-order valence-corrected chi connectivity index (χ4v) is 3.03. The number of nitrogens with zero attached hydrogens (tertiary/aromatic N) is 4. The standard InChI is InChI=1S/C19H23ClN4O2/c1-3-4-19(25)24-9-7-23(8-10-24)17-12-18(22-13-21-17)26-15-5-6-16(20)14(2)11-15/h5-6,11-13H,3-4,7-10H2,1-2H3. The molecule has 0 bridgehead atoms. The molecule has 1 aliphatic rings. The lowest BCUT2D eigenvalue weighted by Crippen LogP contribution is -2.49. The molecule has 0 aliphatic carbocycles. The van der Waals surface area contributed by atoms with Gasteiger partial charge in [-0.1, -0.05) is 18.5 Å². The number of anilines is 1. The fraction of sp³-hybridized carbons (Fsp3) is 0.421. The summed E-state index contributed by atoms with van der Waals surface area (Å²) in [7, 11) is 0. The van der Waals surface area contributed by atoms with Crippen LogP contribution in [0.3, 0.4) is 0 Å². The number of amides is 1. The summed E-state index contributed by atoms with van der Waals surface area (Å²) in [5, 5.41) is 0.705. The summed E-state index contributed by atoms with van der Waals surface area (Å²) in [6, 6.07) is 7.33. The van der Waals surface area contributed by atoms with Gasteiger partial charge in [0.25, 0.3) is 0 Å². The Kier molecular flexibility index (Phi) is 5.93. The highest BCUT2D eigenvalue weighted by Gasteiger charge is 2.21. The molecule has 0 unspecified atom stereocenters. The molecule has 1 amide bonds. The molecule has 1 aliphatic heterocycles. The topological polar surface area (TPSA) is 58.6 Å². The first-order chi connectivity index (χ1) is 12.6. The highest BCUT2D eigenvalue weighted by atomic mass is 35.5. The van der Waals surface area contributed by atoms with Crippen LogP contribution in [0.1, 0.15) is 25.3 Å². The maximum absolute atomic E-state index is 12.0. The predicted octanol–water partition coefficient (Wildman–Crippen LogP) is 3.68. The molecule has 0 atom stereocenters. The second kappa shape index (κ2) is 8.36. The Morgan fingerprint density at radius 3 is 2.65 bits per heavy atom. The van der Waals surface area contributed by atoms with Crippen molar-refractivity contribution < 1.29 is 9.53 Å². The van der Waals surface area contributed by atoms with E-state index >= 15 is 0 Å². The van der Waals surface area contributed by atoms with Crippen LogP contribution in [0.4, 0.5) is 5.82 Å². The largest absolute Gasteiger partial charge is 0.439 e. The monoisotopic (exact) mass is 374 g/mol. The molecule has 1 aromatic heterocycles. The number of aryl methyl sites for hydroxylation is 1. The summed E-state index contributed by atoms with van der Waals surface area (Å²) in [5.74, 6) is 2.22. The minimum atomic E-state index is 0.233. The van der Waals surface area contributed by atoms with Gasteiger partial charge in [-0.2, -0.15) is 0 Å². The van der Waals surface area contributed by atoms with Gasteiger partial charge in [-0.25, -0.2) is 9.97 Å². The number of piperazine rings is 1. The van der Waals surface area contributed by atoms with Gasteiger partial charge in [0.2, 0.25) is 11.8 Å². The van der Waals surface area contributed by atoms with Gasteiger partial charge in [-0.05, 0) is 37.1 Å². The number of hydrogen-bond acceptors (Lipinski definition) is 5. The van der Waals surface area contributed by atoms with Crippen molar-refractivity contribution in [3.8, 4) is 11.6 Å². The lowest BCUT2D eigenvalue weighted by atomic mass is 10.2. The van der Waals surface area contributed by atoms with E-state index in [2.05, 4.69) is 14.9 Å². The molecule has 0 spiro atoms. The molecule has 0 saturated carbocycles. The van der Waals surface area contributed by atoms with E-state index in [9.17, 15) is 4.79 Å². The smallest absolute Gasteiger partial charge is 0.224 e. The third-order valence-corrected chi connectivity index (χ3v) is 4.82. The maximum atomic E-state index is 12.0.